The molecule has 0 aromatic heterocycles. The van der Waals surface area contributed by atoms with Crippen LogP contribution in [-0.2, 0) is 4.79 Å². The van der Waals surface area contributed by atoms with Gasteiger partial charge in [0.1, 0.15) is 17.2 Å². The molecular formula is C12H17NO4. The first-order valence-corrected chi connectivity index (χ1v) is 5.18. The molecule has 1 aromatic carbocycles. The Morgan fingerprint density at radius 2 is 1.76 bits per heavy atom. The van der Waals surface area contributed by atoms with Crippen molar-refractivity contribution in [2.75, 3.05) is 27.9 Å². The number of hydrogen-bond acceptors (Lipinski definition) is 4. The smallest absolute Gasteiger partial charge is 0.257 e. The van der Waals surface area contributed by atoms with E-state index < -0.39 is 0 Å². The molecule has 0 aliphatic heterocycles. The molecule has 0 spiro atoms. The van der Waals surface area contributed by atoms with Gasteiger partial charge in [0.2, 0.25) is 0 Å². The molecule has 0 atom stereocenters. The maximum atomic E-state index is 11.1. The zero-order valence-electron chi connectivity index (χ0n) is 10.5. The second kappa shape index (κ2) is 5.98. The molecule has 0 aliphatic carbocycles. The number of methoxy groups -OCH3 is 2. The minimum absolute atomic E-state index is 0.0358. The molecule has 0 radical (unpaired) electrons. The highest BCUT2D eigenvalue weighted by Gasteiger charge is 2.09. The van der Waals surface area contributed by atoms with E-state index >= 15 is 0 Å². The number of carbonyl (C=O) groups excluding carboxylic acids is 1. The number of hydrogen-bond donors (Lipinski definition) is 1. The van der Waals surface area contributed by atoms with Crippen molar-refractivity contribution in [1.29, 1.82) is 0 Å². The molecule has 0 bridgehead atoms. The number of benzene rings is 1. The van der Waals surface area contributed by atoms with Crippen molar-refractivity contribution in [3.05, 3.63) is 17.7 Å². The highest BCUT2D eigenvalue weighted by molar-refractivity contribution is 5.77. The first-order valence-electron chi connectivity index (χ1n) is 5.18. The van der Waals surface area contributed by atoms with E-state index in [0.717, 1.165) is 5.56 Å². The zero-order chi connectivity index (χ0) is 12.8. The van der Waals surface area contributed by atoms with Crippen molar-refractivity contribution in [2.24, 2.45) is 0 Å². The van der Waals surface area contributed by atoms with Gasteiger partial charge in [-0.1, -0.05) is 0 Å². The minimum Gasteiger partial charge on any atom is -0.496 e. The van der Waals surface area contributed by atoms with Gasteiger partial charge < -0.3 is 19.5 Å². The Labute approximate surface area is 101 Å². The van der Waals surface area contributed by atoms with Gasteiger partial charge in [0.15, 0.2) is 6.61 Å². The maximum absolute atomic E-state index is 11.1. The fourth-order valence-corrected chi connectivity index (χ4v) is 1.37. The molecule has 1 aromatic rings. The second-order valence-corrected chi connectivity index (χ2v) is 3.41. The van der Waals surface area contributed by atoms with Crippen LogP contribution >= 0.6 is 0 Å². The lowest BCUT2D eigenvalue weighted by Crippen LogP contribution is -2.24. The van der Waals surface area contributed by atoms with Crippen LogP contribution < -0.4 is 19.5 Å². The summed E-state index contributed by atoms with van der Waals surface area (Å²) in [5.74, 6) is 1.67. The normalized spacial score (nSPS) is 9.65. The Morgan fingerprint density at radius 3 is 2.18 bits per heavy atom. The minimum atomic E-state index is -0.191. The fourth-order valence-electron chi connectivity index (χ4n) is 1.37. The van der Waals surface area contributed by atoms with E-state index in [0.29, 0.717) is 17.2 Å². The van der Waals surface area contributed by atoms with E-state index in [2.05, 4.69) is 5.32 Å². The Morgan fingerprint density at radius 1 is 1.24 bits per heavy atom. The van der Waals surface area contributed by atoms with E-state index in [1.807, 2.05) is 6.92 Å². The summed E-state index contributed by atoms with van der Waals surface area (Å²) in [4.78, 5) is 11.1. The Hall–Kier alpha value is -1.91. The number of rotatable bonds is 5. The zero-order valence-corrected chi connectivity index (χ0v) is 10.5. The number of carbonyl (C=O) groups is 1. The van der Waals surface area contributed by atoms with Gasteiger partial charge in [-0.25, -0.2) is 0 Å². The molecule has 5 nitrogen and oxygen atoms in total. The predicted molar refractivity (Wildman–Crippen MR) is 63.8 cm³/mol. The van der Waals surface area contributed by atoms with Gasteiger partial charge in [0.05, 0.1) is 14.2 Å². The standard InChI is InChI=1S/C12H17NO4/c1-8-10(15-3)5-9(6-11(8)16-4)17-7-12(14)13-2/h5-6H,7H2,1-4H3,(H,13,14). The average Bonchev–Trinajstić information content (AvgIpc) is 2.36. The summed E-state index contributed by atoms with van der Waals surface area (Å²) in [7, 11) is 4.70. The maximum Gasteiger partial charge on any atom is 0.257 e. The molecule has 94 valence electrons. The van der Waals surface area contributed by atoms with Crippen LogP contribution in [0, 0.1) is 6.92 Å². The fraction of sp³-hybridized carbons (Fsp3) is 0.417. The first kappa shape index (κ1) is 13.2. The summed E-state index contributed by atoms with van der Waals surface area (Å²) in [6.45, 7) is 1.85. The van der Waals surface area contributed by atoms with Gasteiger partial charge in [-0.2, -0.15) is 0 Å². The number of likely N-dealkylation sites (N-methyl/N-ethyl adjacent to an activating group) is 1. The van der Waals surface area contributed by atoms with Gasteiger partial charge in [0.25, 0.3) is 5.91 Å². The molecule has 0 fully saturated rings. The van der Waals surface area contributed by atoms with E-state index in [1.54, 1.807) is 33.4 Å². The molecule has 1 amide bonds. The topological polar surface area (TPSA) is 56.8 Å². The molecule has 0 unspecified atom stereocenters. The quantitative estimate of drug-likeness (QED) is 0.837. The molecule has 17 heavy (non-hydrogen) atoms. The largest absolute Gasteiger partial charge is 0.496 e. The lowest BCUT2D eigenvalue weighted by atomic mass is 10.2. The van der Waals surface area contributed by atoms with Gasteiger partial charge >= 0.3 is 0 Å². The predicted octanol–water partition coefficient (Wildman–Crippen LogP) is 1.14. The van der Waals surface area contributed by atoms with Crippen molar-refractivity contribution in [1.82, 2.24) is 5.32 Å². The van der Waals surface area contributed by atoms with Crippen LogP contribution in [0.2, 0.25) is 0 Å². The summed E-state index contributed by atoms with van der Waals surface area (Å²) < 4.78 is 15.7. The highest BCUT2D eigenvalue weighted by atomic mass is 16.5. The molecule has 0 saturated carbocycles. The lowest BCUT2D eigenvalue weighted by Gasteiger charge is -2.13. The van der Waals surface area contributed by atoms with Crippen LogP contribution in [0.15, 0.2) is 12.1 Å². The first-order chi connectivity index (χ1) is 8.12. The Kier molecular flexibility index (Phi) is 4.63. The van der Waals surface area contributed by atoms with Crippen LogP contribution in [0.5, 0.6) is 17.2 Å². The van der Waals surface area contributed by atoms with Gasteiger partial charge in [-0.15, -0.1) is 0 Å². The molecular weight excluding hydrogens is 222 g/mol. The van der Waals surface area contributed by atoms with Crippen LogP contribution in [0.25, 0.3) is 0 Å². The highest BCUT2D eigenvalue weighted by Crippen LogP contribution is 2.32. The van der Waals surface area contributed by atoms with E-state index in [-0.39, 0.29) is 12.5 Å². The van der Waals surface area contributed by atoms with Gasteiger partial charge in [-0.3, -0.25) is 4.79 Å². The number of nitrogens with one attached hydrogen (secondary N) is 1. The molecule has 0 aliphatic rings. The lowest BCUT2D eigenvalue weighted by molar-refractivity contribution is -0.122. The van der Waals surface area contributed by atoms with Crippen LogP contribution in [-0.4, -0.2) is 33.8 Å². The van der Waals surface area contributed by atoms with Crippen molar-refractivity contribution in [3.8, 4) is 17.2 Å². The van der Waals surface area contributed by atoms with Crippen molar-refractivity contribution >= 4 is 5.91 Å². The van der Waals surface area contributed by atoms with Crippen molar-refractivity contribution in [3.63, 3.8) is 0 Å². The monoisotopic (exact) mass is 239 g/mol. The van der Waals surface area contributed by atoms with E-state index in [9.17, 15) is 4.79 Å². The average molecular weight is 239 g/mol. The molecule has 0 saturated heterocycles. The third kappa shape index (κ3) is 3.27. The van der Waals surface area contributed by atoms with Crippen molar-refractivity contribution in [2.45, 2.75) is 6.92 Å². The number of ether oxygens (including phenoxy) is 3. The number of amides is 1. The van der Waals surface area contributed by atoms with Crippen LogP contribution in [0.1, 0.15) is 5.56 Å². The SMILES string of the molecule is CNC(=O)COc1cc(OC)c(C)c(OC)c1. The van der Waals surface area contributed by atoms with Gasteiger partial charge in [0, 0.05) is 24.7 Å². The molecule has 1 N–H and O–H groups in total. The molecule has 5 heteroatoms. The second-order valence-electron chi connectivity index (χ2n) is 3.41. The van der Waals surface area contributed by atoms with E-state index in [4.69, 9.17) is 14.2 Å². The Balaban J connectivity index is 2.89. The summed E-state index contributed by atoms with van der Waals surface area (Å²) in [6, 6.07) is 3.45. The van der Waals surface area contributed by atoms with E-state index in [1.165, 1.54) is 0 Å². The summed E-state index contributed by atoms with van der Waals surface area (Å²) in [5, 5.41) is 2.48. The molecule has 0 heterocycles. The third-order valence-electron chi connectivity index (χ3n) is 2.37. The van der Waals surface area contributed by atoms with Crippen molar-refractivity contribution < 1.29 is 19.0 Å². The third-order valence-corrected chi connectivity index (χ3v) is 2.37. The van der Waals surface area contributed by atoms with Crippen LogP contribution in [0.3, 0.4) is 0 Å². The molecule has 1 rings (SSSR count). The summed E-state index contributed by atoms with van der Waals surface area (Å²) in [5.41, 5.74) is 0.891. The van der Waals surface area contributed by atoms with Crippen LogP contribution in [0.4, 0.5) is 0 Å². The van der Waals surface area contributed by atoms with Gasteiger partial charge in [-0.05, 0) is 6.92 Å². The summed E-state index contributed by atoms with van der Waals surface area (Å²) in [6.07, 6.45) is 0. The summed E-state index contributed by atoms with van der Waals surface area (Å²) >= 11 is 0. The Bertz CT molecular complexity index is 378.